The van der Waals surface area contributed by atoms with Gasteiger partial charge in [0.15, 0.2) is 0 Å². The summed E-state index contributed by atoms with van der Waals surface area (Å²) in [6.45, 7) is 1.96. The second-order valence-electron chi connectivity index (χ2n) is 2.96. The summed E-state index contributed by atoms with van der Waals surface area (Å²) in [7, 11) is 0. The smallest absolute Gasteiger partial charge is 0.441 e. The molecule has 0 aromatic heterocycles. The van der Waals surface area contributed by atoms with Crippen molar-refractivity contribution in [2.45, 2.75) is 12.4 Å². The summed E-state index contributed by atoms with van der Waals surface area (Å²) >= 11 is -0.0680. The molecule has 0 radical (unpaired) electrons. The first-order valence-electron chi connectivity index (χ1n) is 4.37. The van der Waals surface area contributed by atoms with Gasteiger partial charge in [0.2, 0.25) is 0 Å². The lowest BCUT2D eigenvalue weighted by Gasteiger charge is -2.08. The van der Waals surface area contributed by atoms with Gasteiger partial charge in [-0.05, 0) is 36.4 Å². The van der Waals surface area contributed by atoms with Gasteiger partial charge >= 0.3 is 5.51 Å². The average Bonchev–Trinajstić information content (AvgIpc) is 2.11. The first-order valence-corrected chi connectivity index (χ1v) is 5.36. The van der Waals surface area contributed by atoms with Crippen LogP contribution >= 0.6 is 11.8 Å². The topological polar surface area (TPSA) is 9.23 Å². The van der Waals surface area contributed by atoms with Gasteiger partial charge in [-0.1, -0.05) is 12.1 Å². The second-order valence-corrected chi connectivity index (χ2v) is 4.12. The third-order valence-corrected chi connectivity index (χ3v) is 2.31. The van der Waals surface area contributed by atoms with Crippen LogP contribution in [0.25, 0.3) is 0 Å². The van der Waals surface area contributed by atoms with Crippen LogP contribution in [0.5, 0.6) is 5.75 Å². The van der Waals surface area contributed by atoms with E-state index in [9.17, 15) is 13.2 Å². The van der Waals surface area contributed by atoms with E-state index in [1.54, 1.807) is 12.1 Å². The standard InChI is InChI=1S/C10H11F3OS/c1-8-3-2-4-9(7-8)14-5-6-15-10(11,12)13/h2-4,7H,5-6H2,1H3. The van der Waals surface area contributed by atoms with E-state index in [2.05, 4.69) is 0 Å². The van der Waals surface area contributed by atoms with Crippen molar-refractivity contribution in [1.29, 1.82) is 0 Å². The fourth-order valence-electron chi connectivity index (χ4n) is 1.02. The van der Waals surface area contributed by atoms with E-state index >= 15 is 0 Å². The Bertz CT molecular complexity index is 312. The van der Waals surface area contributed by atoms with Crippen molar-refractivity contribution in [2.24, 2.45) is 0 Å². The molecule has 0 heterocycles. The van der Waals surface area contributed by atoms with Crippen LogP contribution in [0, 0.1) is 6.92 Å². The molecule has 0 aliphatic rings. The Hall–Kier alpha value is -0.840. The normalized spacial score (nSPS) is 11.5. The largest absolute Gasteiger partial charge is 0.493 e. The van der Waals surface area contributed by atoms with Gasteiger partial charge in [-0.2, -0.15) is 13.2 Å². The van der Waals surface area contributed by atoms with E-state index in [0.29, 0.717) is 5.75 Å². The molecule has 15 heavy (non-hydrogen) atoms. The van der Waals surface area contributed by atoms with Crippen molar-refractivity contribution in [3.63, 3.8) is 0 Å². The van der Waals surface area contributed by atoms with Crippen molar-refractivity contribution in [1.82, 2.24) is 0 Å². The second kappa shape index (κ2) is 5.30. The molecule has 0 saturated carbocycles. The number of hydrogen-bond donors (Lipinski definition) is 0. The summed E-state index contributed by atoms with van der Waals surface area (Å²) in [5, 5.41) is 0. The fraction of sp³-hybridized carbons (Fsp3) is 0.400. The molecule has 0 amide bonds. The van der Waals surface area contributed by atoms with Crippen LogP contribution in [0.4, 0.5) is 13.2 Å². The first-order chi connectivity index (χ1) is 6.97. The molecule has 1 rings (SSSR count). The van der Waals surface area contributed by atoms with Gasteiger partial charge in [0, 0.05) is 5.75 Å². The third-order valence-electron chi connectivity index (χ3n) is 1.61. The van der Waals surface area contributed by atoms with E-state index in [0.717, 1.165) is 5.56 Å². The molecular formula is C10H11F3OS. The number of alkyl halides is 3. The van der Waals surface area contributed by atoms with Crippen LogP contribution in [-0.4, -0.2) is 17.9 Å². The van der Waals surface area contributed by atoms with Gasteiger partial charge in [0.1, 0.15) is 5.75 Å². The summed E-state index contributed by atoms with van der Waals surface area (Å²) in [5.41, 5.74) is -3.15. The number of halogens is 3. The highest BCUT2D eigenvalue weighted by atomic mass is 32.2. The van der Waals surface area contributed by atoms with Crippen molar-refractivity contribution in [3.05, 3.63) is 29.8 Å². The van der Waals surface area contributed by atoms with Crippen molar-refractivity contribution < 1.29 is 17.9 Å². The van der Waals surface area contributed by atoms with Gasteiger partial charge in [-0.15, -0.1) is 0 Å². The summed E-state index contributed by atoms with van der Waals surface area (Å²) in [6.07, 6.45) is 0. The minimum atomic E-state index is -4.17. The molecule has 0 fully saturated rings. The van der Waals surface area contributed by atoms with Gasteiger partial charge in [-0.25, -0.2) is 0 Å². The van der Waals surface area contributed by atoms with E-state index in [4.69, 9.17) is 4.74 Å². The maximum atomic E-state index is 11.8. The van der Waals surface area contributed by atoms with E-state index < -0.39 is 5.51 Å². The molecule has 1 aromatic carbocycles. The van der Waals surface area contributed by atoms with Gasteiger partial charge in [0.05, 0.1) is 6.61 Å². The van der Waals surface area contributed by atoms with Crippen LogP contribution in [0.3, 0.4) is 0 Å². The zero-order valence-electron chi connectivity index (χ0n) is 8.17. The lowest BCUT2D eigenvalue weighted by molar-refractivity contribution is -0.0329. The molecule has 0 spiro atoms. The summed E-state index contributed by atoms with van der Waals surface area (Å²) < 4.78 is 40.4. The van der Waals surface area contributed by atoms with Gasteiger partial charge < -0.3 is 4.74 Å². The predicted molar refractivity (Wildman–Crippen MR) is 55.2 cm³/mol. The molecule has 0 aliphatic carbocycles. The zero-order valence-corrected chi connectivity index (χ0v) is 8.99. The molecule has 0 atom stereocenters. The van der Waals surface area contributed by atoms with Crippen molar-refractivity contribution in [3.8, 4) is 5.75 Å². The molecule has 0 aliphatic heterocycles. The maximum Gasteiger partial charge on any atom is 0.441 e. The van der Waals surface area contributed by atoms with Crippen LogP contribution < -0.4 is 4.74 Å². The Kier molecular flexibility index (Phi) is 4.32. The van der Waals surface area contributed by atoms with Crippen LogP contribution in [0.15, 0.2) is 24.3 Å². The number of rotatable bonds is 4. The van der Waals surface area contributed by atoms with E-state index in [-0.39, 0.29) is 24.1 Å². The lowest BCUT2D eigenvalue weighted by atomic mass is 10.2. The fourth-order valence-corrected chi connectivity index (χ4v) is 1.42. The molecule has 5 heteroatoms. The molecule has 1 nitrogen and oxygen atoms in total. The van der Waals surface area contributed by atoms with Crippen molar-refractivity contribution >= 4 is 11.8 Å². The Morgan fingerprint density at radius 2 is 2.07 bits per heavy atom. The summed E-state index contributed by atoms with van der Waals surface area (Å²) in [5.74, 6) is 0.523. The van der Waals surface area contributed by atoms with Crippen LogP contribution in [-0.2, 0) is 0 Å². The maximum absolute atomic E-state index is 11.8. The molecule has 0 saturated heterocycles. The predicted octanol–water partition coefficient (Wildman–Crippen LogP) is 3.63. The first kappa shape index (κ1) is 12.2. The third kappa shape index (κ3) is 5.57. The number of hydrogen-bond acceptors (Lipinski definition) is 2. The average molecular weight is 236 g/mol. The van der Waals surface area contributed by atoms with E-state index in [1.165, 1.54) is 0 Å². The molecule has 0 unspecified atom stereocenters. The Morgan fingerprint density at radius 3 is 2.67 bits per heavy atom. The lowest BCUT2D eigenvalue weighted by Crippen LogP contribution is -2.07. The van der Waals surface area contributed by atoms with Crippen molar-refractivity contribution in [2.75, 3.05) is 12.4 Å². The van der Waals surface area contributed by atoms with Crippen LogP contribution in [0.2, 0.25) is 0 Å². The number of thioether (sulfide) groups is 1. The molecular weight excluding hydrogens is 225 g/mol. The molecule has 1 aromatic rings. The number of benzene rings is 1. The molecule has 84 valence electrons. The zero-order chi connectivity index (χ0) is 11.3. The Morgan fingerprint density at radius 1 is 1.33 bits per heavy atom. The highest BCUT2D eigenvalue weighted by Gasteiger charge is 2.27. The monoisotopic (exact) mass is 236 g/mol. The van der Waals surface area contributed by atoms with Gasteiger partial charge in [0.25, 0.3) is 0 Å². The minimum absolute atomic E-state index is 0.0631. The molecule has 0 bridgehead atoms. The quantitative estimate of drug-likeness (QED) is 0.738. The molecule has 0 N–H and O–H groups in total. The Balaban J connectivity index is 2.26. The highest BCUT2D eigenvalue weighted by molar-refractivity contribution is 8.00. The van der Waals surface area contributed by atoms with Crippen LogP contribution in [0.1, 0.15) is 5.56 Å². The minimum Gasteiger partial charge on any atom is -0.493 e. The summed E-state index contributed by atoms with van der Waals surface area (Å²) in [6, 6.07) is 7.22. The highest BCUT2D eigenvalue weighted by Crippen LogP contribution is 2.29. The number of aryl methyl sites for hydroxylation is 1. The SMILES string of the molecule is Cc1cccc(OCCSC(F)(F)F)c1. The van der Waals surface area contributed by atoms with Gasteiger partial charge in [-0.3, -0.25) is 0 Å². The Labute approximate surface area is 90.6 Å². The van der Waals surface area contributed by atoms with E-state index in [1.807, 2.05) is 19.1 Å². The summed E-state index contributed by atoms with van der Waals surface area (Å²) in [4.78, 5) is 0. The number of ether oxygens (including phenoxy) is 1.